The van der Waals surface area contributed by atoms with Crippen LogP contribution in [0.4, 0.5) is 18.9 Å². The van der Waals surface area contributed by atoms with E-state index in [2.05, 4.69) is 10.3 Å². The molecule has 1 fully saturated rings. The molecule has 2 aromatic rings. The fourth-order valence-electron chi connectivity index (χ4n) is 2.16. The van der Waals surface area contributed by atoms with Gasteiger partial charge in [0.25, 0.3) is 5.91 Å². The third kappa shape index (κ3) is 4.23. The minimum atomic E-state index is -4.54. The molecule has 0 saturated carbocycles. The Balaban J connectivity index is 1.91. The van der Waals surface area contributed by atoms with Crippen molar-refractivity contribution >= 4 is 57.8 Å². The van der Waals surface area contributed by atoms with Gasteiger partial charge in [-0.05, 0) is 47.7 Å². The van der Waals surface area contributed by atoms with Crippen LogP contribution in [0.2, 0.25) is 10.0 Å². The molecule has 1 amide bonds. The van der Waals surface area contributed by atoms with Crippen LogP contribution in [0.25, 0.3) is 6.08 Å². The van der Waals surface area contributed by atoms with Crippen molar-refractivity contribution in [2.24, 2.45) is 4.99 Å². The minimum absolute atomic E-state index is 0.0584. The van der Waals surface area contributed by atoms with E-state index in [1.54, 1.807) is 12.1 Å². The molecule has 0 radical (unpaired) electrons. The molecule has 1 aliphatic heterocycles. The topological polar surface area (TPSA) is 41.5 Å². The number of carbonyl (C=O) groups is 1. The Kier molecular flexibility index (Phi) is 5.32. The van der Waals surface area contributed by atoms with Gasteiger partial charge in [-0.3, -0.25) is 4.79 Å². The van der Waals surface area contributed by atoms with Gasteiger partial charge in [-0.1, -0.05) is 41.4 Å². The zero-order chi connectivity index (χ0) is 18.9. The monoisotopic (exact) mass is 416 g/mol. The van der Waals surface area contributed by atoms with E-state index in [4.69, 9.17) is 23.2 Å². The fraction of sp³-hybridized carbons (Fsp3) is 0.0588. The SMILES string of the molecule is O=C1NC(=Nc2ccccc2C(F)(F)F)S/C1=C\c1ccc(Cl)cc1Cl. The maximum absolute atomic E-state index is 13.0. The maximum Gasteiger partial charge on any atom is 0.418 e. The summed E-state index contributed by atoms with van der Waals surface area (Å²) in [6.45, 7) is 0. The van der Waals surface area contributed by atoms with Crippen LogP contribution in [-0.4, -0.2) is 11.1 Å². The van der Waals surface area contributed by atoms with Crippen LogP contribution in [0, 0.1) is 0 Å². The average molecular weight is 417 g/mol. The molecule has 2 aromatic carbocycles. The Labute approximate surface area is 160 Å². The molecule has 0 atom stereocenters. The van der Waals surface area contributed by atoms with Gasteiger partial charge in [-0.15, -0.1) is 0 Å². The summed E-state index contributed by atoms with van der Waals surface area (Å²) in [5.74, 6) is -0.468. The van der Waals surface area contributed by atoms with Crippen molar-refractivity contribution in [1.29, 1.82) is 0 Å². The Morgan fingerprint density at radius 2 is 1.85 bits per heavy atom. The van der Waals surface area contributed by atoms with Crippen LogP contribution in [0.15, 0.2) is 52.4 Å². The summed E-state index contributed by atoms with van der Waals surface area (Å²) in [6.07, 6.45) is -3.01. The summed E-state index contributed by atoms with van der Waals surface area (Å²) < 4.78 is 39.1. The molecule has 26 heavy (non-hydrogen) atoms. The first kappa shape index (κ1) is 18.8. The van der Waals surface area contributed by atoms with Gasteiger partial charge in [0, 0.05) is 10.0 Å². The van der Waals surface area contributed by atoms with Crippen molar-refractivity contribution in [3.8, 4) is 0 Å². The largest absolute Gasteiger partial charge is 0.418 e. The highest BCUT2D eigenvalue weighted by Gasteiger charge is 2.34. The van der Waals surface area contributed by atoms with E-state index in [9.17, 15) is 18.0 Å². The molecule has 0 aromatic heterocycles. The predicted molar refractivity (Wildman–Crippen MR) is 98.7 cm³/mol. The van der Waals surface area contributed by atoms with Crippen molar-refractivity contribution in [3.05, 3.63) is 68.5 Å². The number of hydrogen-bond acceptors (Lipinski definition) is 3. The van der Waals surface area contributed by atoms with Gasteiger partial charge in [0.1, 0.15) is 0 Å². The predicted octanol–water partition coefficient (Wildman–Crippen LogP) is 5.90. The van der Waals surface area contributed by atoms with Crippen LogP contribution in [-0.2, 0) is 11.0 Å². The third-order valence-electron chi connectivity index (χ3n) is 3.33. The molecule has 1 saturated heterocycles. The smallest absolute Gasteiger partial charge is 0.300 e. The average Bonchev–Trinajstić information content (AvgIpc) is 2.89. The molecule has 1 aliphatic rings. The number of rotatable bonds is 2. The summed E-state index contributed by atoms with van der Waals surface area (Å²) in [5, 5.41) is 3.31. The zero-order valence-corrected chi connectivity index (χ0v) is 15.1. The second-order valence-electron chi connectivity index (χ2n) is 5.16. The number of amides is 1. The zero-order valence-electron chi connectivity index (χ0n) is 12.8. The van der Waals surface area contributed by atoms with Gasteiger partial charge in [0.15, 0.2) is 5.17 Å². The Hall–Kier alpha value is -1.96. The first-order valence-corrected chi connectivity index (χ1v) is 8.72. The molecule has 0 aliphatic carbocycles. The molecule has 3 nitrogen and oxygen atoms in total. The highest BCUT2D eigenvalue weighted by atomic mass is 35.5. The first-order valence-electron chi connectivity index (χ1n) is 7.15. The molecule has 1 N–H and O–H groups in total. The van der Waals surface area contributed by atoms with E-state index in [-0.39, 0.29) is 15.8 Å². The number of para-hydroxylation sites is 1. The first-order chi connectivity index (χ1) is 12.2. The number of benzene rings is 2. The van der Waals surface area contributed by atoms with E-state index in [1.165, 1.54) is 30.3 Å². The minimum Gasteiger partial charge on any atom is -0.300 e. The molecule has 0 bridgehead atoms. The van der Waals surface area contributed by atoms with Gasteiger partial charge in [0.05, 0.1) is 16.2 Å². The molecule has 0 spiro atoms. The Morgan fingerprint density at radius 3 is 2.54 bits per heavy atom. The summed E-state index contributed by atoms with van der Waals surface area (Å²) in [6, 6.07) is 9.68. The standard InChI is InChI=1S/C17H9Cl2F3N2OS/c18-10-6-5-9(12(19)8-10)7-14-15(25)24-16(26-14)23-13-4-2-1-3-11(13)17(20,21)22/h1-8H,(H,23,24,25)/b14-7-. The van der Waals surface area contributed by atoms with Gasteiger partial charge < -0.3 is 5.32 Å². The molecular formula is C17H9Cl2F3N2OS. The Bertz CT molecular complexity index is 942. The van der Waals surface area contributed by atoms with Gasteiger partial charge in [-0.25, -0.2) is 4.99 Å². The van der Waals surface area contributed by atoms with Crippen LogP contribution < -0.4 is 5.32 Å². The molecule has 0 unspecified atom stereocenters. The number of halogens is 5. The van der Waals surface area contributed by atoms with Crippen molar-refractivity contribution in [2.45, 2.75) is 6.18 Å². The van der Waals surface area contributed by atoms with Gasteiger partial charge in [0.2, 0.25) is 0 Å². The molecular weight excluding hydrogens is 408 g/mol. The highest BCUT2D eigenvalue weighted by molar-refractivity contribution is 8.18. The lowest BCUT2D eigenvalue weighted by molar-refractivity contribution is -0.137. The number of thioether (sulfide) groups is 1. The normalized spacial score (nSPS) is 17.8. The number of amidine groups is 1. The van der Waals surface area contributed by atoms with E-state index in [0.717, 1.165) is 17.8 Å². The third-order valence-corrected chi connectivity index (χ3v) is 4.80. The van der Waals surface area contributed by atoms with E-state index >= 15 is 0 Å². The molecule has 1 heterocycles. The van der Waals surface area contributed by atoms with E-state index in [0.29, 0.717) is 15.6 Å². The van der Waals surface area contributed by atoms with E-state index in [1.807, 2.05) is 0 Å². The summed E-state index contributed by atoms with van der Waals surface area (Å²) >= 11 is 12.8. The van der Waals surface area contributed by atoms with E-state index < -0.39 is 17.6 Å². The Morgan fingerprint density at radius 1 is 1.12 bits per heavy atom. The summed E-state index contributed by atoms with van der Waals surface area (Å²) in [4.78, 5) is 16.3. The van der Waals surface area contributed by atoms with Crippen LogP contribution in [0.1, 0.15) is 11.1 Å². The van der Waals surface area contributed by atoms with Crippen LogP contribution in [0.5, 0.6) is 0 Å². The molecule has 134 valence electrons. The lowest BCUT2D eigenvalue weighted by Gasteiger charge is -2.09. The number of nitrogens with zero attached hydrogens (tertiary/aromatic N) is 1. The lowest BCUT2D eigenvalue weighted by atomic mass is 10.2. The van der Waals surface area contributed by atoms with Gasteiger partial charge in [-0.2, -0.15) is 13.2 Å². The van der Waals surface area contributed by atoms with Gasteiger partial charge >= 0.3 is 6.18 Å². The number of aliphatic imine (C=N–C) groups is 1. The number of carbonyl (C=O) groups excluding carboxylic acids is 1. The number of alkyl halides is 3. The quantitative estimate of drug-likeness (QED) is 0.618. The van der Waals surface area contributed by atoms with Crippen LogP contribution in [0.3, 0.4) is 0 Å². The molecule has 9 heteroatoms. The lowest BCUT2D eigenvalue weighted by Crippen LogP contribution is -2.19. The van der Waals surface area contributed by atoms with Crippen molar-refractivity contribution in [3.63, 3.8) is 0 Å². The second kappa shape index (κ2) is 7.34. The number of hydrogen-bond donors (Lipinski definition) is 1. The van der Waals surface area contributed by atoms with Crippen molar-refractivity contribution in [1.82, 2.24) is 5.32 Å². The second-order valence-corrected chi connectivity index (χ2v) is 7.04. The van der Waals surface area contributed by atoms with Crippen LogP contribution >= 0.6 is 35.0 Å². The highest BCUT2D eigenvalue weighted by Crippen LogP contribution is 2.37. The fourth-order valence-corrected chi connectivity index (χ4v) is 3.45. The maximum atomic E-state index is 13.0. The molecule has 3 rings (SSSR count). The van der Waals surface area contributed by atoms with Crippen molar-refractivity contribution < 1.29 is 18.0 Å². The summed E-state index contributed by atoms with van der Waals surface area (Å²) in [5.41, 5.74) is -0.584. The van der Waals surface area contributed by atoms with Crippen molar-refractivity contribution in [2.75, 3.05) is 0 Å². The summed E-state index contributed by atoms with van der Waals surface area (Å²) in [7, 11) is 0. The number of nitrogens with one attached hydrogen (secondary N) is 1.